The first-order valence-electron chi connectivity index (χ1n) is 6.62. The molecule has 3 rings (SSSR count). The number of halogens is 1. The number of likely N-dealkylation sites (tertiary alicyclic amines) is 1. The maximum atomic E-state index is 13.7. The summed E-state index contributed by atoms with van der Waals surface area (Å²) in [5.41, 5.74) is 0. The fraction of sp³-hybridized carbons (Fsp3) is 0.769. The van der Waals surface area contributed by atoms with Crippen LogP contribution in [0.3, 0.4) is 0 Å². The van der Waals surface area contributed by atoms with Gasteiger partial charge in [0.25, 0.3) is 5.91 Å². The monoisotopic (exact) mass is 254 g/mol. The van der Waals surface area contributed by atoms with Gasteiger partial charge in [0.05, 0.1) is 5.76 Å². The molecule has 2 saturated heterocycles. The maximum absolute atomic E-state index is 13.7. The van der Waals surface area contributed by atoms with Gasteiger partial charge in [-0.25, -0.2) is 4.39 Å². The summed E-state index contributed by atoms with van der Waals surface area (Å²) in [6.07, 6.45) is 0.322. The Balaban J connectivity index is 1.66. The molecule has 0 spiro atoms. The van der Waals surface area contributed by atoms with E-state index in [0.29, 0.717) is 17.6 Å². The van der Waals surface area contributed by atoms with Crippen molar-refractivity contribution < 1.29 is 13.9 Å². The summed E-state index contributed by atoms with van der Waals surface area (Å²) in [6, 6.07) is 0. The van der Waals surface area contributed by atoms with Crippen molar-refractivity contribution in [3.8, 4) is 0 Å². The predicted octanol–water partition coefficient (Wildman–Crippen LogP) is 0.695. The molecule has 3 aliphatic rings. The van der Waals surface area contributed by atoms with Gasteiger partial charge in [0.15, 0.2) is 6.17 Å². The highest BCUT2D eigenvalue weighted by Gasteiger charge is 2.40. The lowest BCUT2D eigenvalue weighted by molar-refractivity contribution is -0.145. The van der Waals surface area contributed by atoms with Crippen LogP contribution in [0.5, 0.6) is 0 Å². The Hall–Kier alpha value is -1.10. The van der Waals surface area contributed by atoms with Crippen LogP contribution in [-0.4, -0.2) is 49.3 Å². The molecule has 4 unspecified atom stereocenters. The number of allylic oxidation sites excluding steroid dienone is 1. The lowest BCUT2D eigenvalue weighted by atomic mass is 9.85. The molecular weight excluding hydrogens is 235 g/mol. The molecule has 0 radical (unpaired) electrons. The SMILES string of the molecule is CC1=CC(F)C(C(=O)N2CC3CNCC(C3)C2)O1. The Kier molecular flexibility index (Phi) is 3.01. The first-order chi connectivity index (χ1) is 8.63. The van der Waals surface area contributed by atoms with E-state index in [4.69, 9.17) is 4.74 Å². The number of carbonyl (C=O) groups is 1. The van der Waals surface area contributed by atoms with Crippen molar-refractivity contribution in [2.24, 2.45) is 11.8 Å². The molecule has 2 bridgehead atoms. The smallest absolute Gasteiger partial charge is 0.267 e. The highest BCUT2D eigenvalue weighted by Crippen LogP contribution is 2.28. The van der Waals surface area contributed by atoms with Crippen molar-refractivity contribution >= 4 is 5.91 Å². The molecule has 18 heavy (non-hydrogen) atoms. The molecule has 3 aliphatic heterocycles. The molecule has 3 heterocycles. The normalized spacial score (nSPS) is 39.2. The fourth-order valence-corrected chi connectivity index (χ4v) is 3.27. The standard InChI is InChI=1S/C13H19FN2O2/c1-8-2-11(14)12(18-8)13(17)16-6-9-3-10(7-16)5-15-4-9/h2,9-12,15H,3-7H2,1H3. The van der Waals surface area contributed by atoms with Gasteiger partial charge in [0, 0.05) is 13.1 Å². The largest absolute Gasteiger partial charge is 0.482 e. The van der Waals surface area contributed by atoms with Crippen molar-refractivity contribution in [1.29, 1.82) is 0 Å². The van der Waals surface area contributed by atoms with Gasteiger partial charge in [-0.05, 0) is 44.3 Å². The molecule has 100 valence electrons. The quantitative estimate of drug-likeness (QED) is 0.749. The number of amides is 1. The first-order valence-corrected chi connectivity index (χ1v) is 6.62. The topological polar surface area (TPSA) is 41.6 Å². The zero-order chi connectivity index (χ0) is 12.7. The molecule has 0 aromatic rings. The van der Waals surface area contributed by atoms with E-state index in [1.54, 1.807) is 11.8 Å². The number of rotatable bonds is 1. The van der Waals surface area contributed by atoms with Crippen molar-refractivity contribution in [1.82, 2.24) is 10.2 Å². The van der Waals surface area contributed by atoms with E-state index in [1.807, 2.05) is 0 Å². The van der Waals surface area contributed by atoms with E-state index in [2.05, 4.69) is 5.32 Å². The summed E-state index contributed by atoms with van der Waals surface area (Å²) in [5, 5.41) is 3.38. The predicted molar refractivity (Wildman–Crippen MR) is 64.6 cm³/mol. The number of ether oxygens (including phenoxy) is 1. The number of alkyl halides is 1. The molecule has 0 aromatic carbocycles. The van der Waals surface area contributed by atoms with E-state index in [9.17, 15) is 9.18 Å². The minimum atomic E-state index is -1.29. The Labute approximate surface area is 106 Å². The summed E-state index contributed by atoms with van der Waals surface area (Å²) >= 11 is 0. The zero-order valence-corrected chi connectivity index (χ0v) is 10.6. The second kappa shape index (κ2) is 4.53. The molecule has 2 fully saturated rings. The molecule has 0 aromatic heterocycles. The first kappa shape index (κ1) is 12.0. The van der Waals surface area contributed by atoms with Gasteiger partial charge in [-0.3, -0.25) is 4.79 Å². The second-order valence-corrected chi connectivity index (χ2v) is 5.63. The van der Waals surface area contributed by atoms with Crippen molar-refractivity contribution in [3.05, 3.63) is 11.8 Å². The lowest BCUT2D eigenvalue weighted by Gasteiger charge is -2.42. The summed E-state index contributed by atoms with van der Waals surface area (Å²) in [7, 11) is 0. The summed E-state index contributed by atoms with van der Waals surface area (Å²) in [6.45, 7) is 5.07. The Morgan fingerprint density at radius 2 is 2.11 bits per heavy atom. The van der Waals surface area contributed by atoms with E-state index in [1.165, 1.54) is 12.5 Å². The van der Waals surface area contributed by atoms with Crippen molar-refractivity contribution in [3.63, 3.8) is 0 Å². The Bertz CT molecular complexity index is 373. The molecular formula is C13H19FN2O2. The van der Waals surface area contributed by atoms with Crippen LogP contribution in [0.1, 0.15) is 13.3 Å². The van der Waals surface area contributed by atoms with Gasteiger partial charge in [-0.1, -0.05) is 0 Å². The minimum Gasteiger partial charge on any atom is -0.482 e. The van der Waals surface area contributed by atoms with Crippen LogP contribution in [0.4, 0.5) is 4.39 Å². The Morgan fingerprint density at radius 1 is 1.44 bits per heavy atom. The number of fused-ring (bicyclic) bond motifs is 2. The van der Waals surface area contributed by atoms with E-state index in [0.717, 1.165) is 26.2 Å². The van der Waals surface area contributed by atoms with Crippen molar-refractivity contribution in [2.75, 3.05) is 26.2 Å². The molecule has 1 N–H and O–H groups in total. The highest BCUT2D eigenvalue weighted by atomic mass is 19.1. The molecule has 0 aliphatic carbocycles. The molecule has 4 atom stereocenters. The van der Waals surface area contributed by atoms with Gasteiger partial charge in [-0.2, -0.15) is 0 Å². The number of hydrogen-bond acceptors (Lipinski definition) is 3. The van der Waals surface area contributed by atoms with Crippen LogP contribution in [0.15, 0.2) is 11.8 Å². The third kappa shape index (κ3) is 2.11. The fourth-order valence-electron chi connectivity index (χ4n) is 3.27. The van der Waals surface area contributed by atoms with Crippen LogP contribution < -0.4 is 5.32 Å². The van der Waals surface area contributed by atoms with E-state index < -0.39 is 12.3 Å². The van der Waals surface area contributed by atoms with E-state index >= 15 is 0 Å². The van der Waals surface area contributed by atoms with Crippen LogP contribution in [0.25, 0.3) is 0 Å². The third-order valence-corrected chi connectivity index (χ3v) is 4.04. The highest BCUT2D eigenvalue weighted by molar-refractivity contribution is 5.82. The van der Waals surface area contributed by atoms with Crippen LogP contribution in [0, 0.1) is 11.8 Å². The summed E-state index contributed by atoms with van der Waals surface area (Å²) < 4.78 is 19.0. The van der Waals surface area contributed by atoms with Crippen molar-refractivity contribution in [2.45, 2.75) is 25.6 Å². The maximum Gasteiger partial charge on any atom is 0.267 e. The number of nitrogens with zero attached hydrogens (tertiary/aromatic N) is 1. The number of nitrogens with one attached hydrogen (secondary N) is 1. The van der Waals surface area contributed by atoms with Gasteiger partial charge in [0.2, 0.25) is 6.10 Å². The Morgan fingerprint density at radius 3 is 2.67 bits per heavy atom. The van der Waals surface area contributed by atoms with Gasteiger partial charge >= 0.3 is 0 Å². The summed E-state index contributed by atoms with van der Waals surface area (Å²) in [4.78, 5) is 14.1. The lowest BCUT2D eigenvalue weighted by Crippen LogP contribution is -2.55. The van der Waals surface area contributed by atoms with Gasteiger partial charge in [0.1, 0.15) is 0 Å². The number of hydrogen-bond donors (Lipinski definition) is 1. The number of carbonyl (C=O) groups excluding carboxylic acids is 1. The molecule has 5 heteroatoms. The molecule has 4 nitrogen and oxygen atoms in total. The van der Waals surface area contributed by atoms with Crippen LogP contribution >= 0.6 is 0 Å². The number of piperidine rings is 2. The average Bonchev–Trinajstić information content (AvgIpc) is 2.67. The molecule has 1 amide bonds. The third-order valence-electron chi connectivity index (χ3n) is 4.04. The van der Waals surface area contributed by atoms with Gasteiger partial charge in [-0.15, -0.1) is 0 Å². The summed E-state index contributed by atoms with van der Waals surface area (Å²) in [5.74, 6) is 1.34. The minimum absolute atomic E-state index is 0.188. The van der Waals surface area contributed by atoms with Crippen LogP contribution in [0.2, 0.25) is 0 Å². The zero-order valence-electron chi connectivity index (χ0n) is 10.6. The van der Waals surface area contributed by atoms with E-state index in [-0.39, 0.29) is 5.91 Å². The molecule has 0 saturated carbocycles. The second-order valence-electron chi connectivity index (χ2n) is 5.63. The van der Waals surface area contributed by atoms with Gasteiger partial charge < -0.3 is 15.0 Å². The van der Waals surface area contributed by atoms with Crippen LogP contribution in [-0.2, 0) is 9.53 Å². The average molecular weight is 254 g/mol.